The van der Waals surface area contributed by atoms with Crippen LogP contribution < -0.4 is 53.6 Å². The molecule has 3 heterocycles. The first-order chi connectivity index (χ1) is 59.3. The monoisotopic (exact) mass is 1710 g/mol. The molecule has 37 heteroatoms. The number of aromatic amines is 2. The third-order valence-electron chi connectivity index (χ3n) is 22.4. The van der Waals surface area contributed by atoms with Gasteiger partial charge in [0.05, 0.1) is 6.61 Å². The number of likely N-dealkylation sites (N-methyl/N-ethyl adjacent to an activating group) is 4. The number of hydrogen-bond donors (Lipinski definition) is 15. The van der Waals surface area contributed by atoms with Crippen molar-refractivity contribution in [3.8, 4) is 11.5 Å². The smallest absolute Gasteiger partial charge is 0.247 e. The van der Waals surface area contributed by atoms with Crippen LogP contribution in [0, 0.1) is 11.7 Å². The maximum absolute atomic E-state index is 15.9. The molecule has 7 aromatic rings. The summed E-state index contributed by atoms with van der Waals surface area (Å²) in [5.74, 6) is -13.9. The van der Waals surface area contributed by atoms with Crippen LogP contribution in [0.5, 0.6) is 11.5 Å². The van der Waals surface area contributed by atoms with Gasteiger partial charge in [0.15, 0.2) is 0 Å². The first-order valence-corrected chi connectivity index (χ1v) is 41.3. The third kappa shape index (κ3) is 26.8. The number of aliphatic hydroxyl groups excluding tert-OH is 1. The normalized spacial score (nSPS) is 21.0. The Balaban J connectivity index is 1.16. The number of nitrogens with one attached hydrogen (secondary N) is 11. The molecule has 16 N–H and O–H groups in total. The van der Waals surface area contributed by atoms with Gasteiger partial charge in [0.25, 0.3) is 0 Å². The van der Waals surface area contributed by atoms with Crippen LogP contribution in [0.25, 0.3) is 32.2 Å². The van der Waals surface area contributed by atoms with E-state index in [9.17, 15) is 53.3 Å². The lowest BCUT2D eigenvalue weighted by atomic mass is 9.99. The molecule has 1 saturated heterocycles. The number of aromatic hydroxyl groups is 2. The molecule has 14 amide bonds. The molecule has 662 valence electrons. The van der Waals surface area contributed by atoms with Crippen molar-refractivity contribution in [2.45, 2.75) is 189 Å². The van der Waals surface area contributed by atoms with Crippen molar-refractivity contribution < 1.29 is 86.8 Å². The van der Waals surface area contributed by atoms with Crippen LogP contribution in [0.4, 0.5) is 4.39 Å². The molecule has 11 atom stereocenters. The number of unbranched alkanes of at least 4 members (excludes halogenated alkanes) is 2. The number of carbonyl (C=O) groups excluding carboxylic acids is 14. The van der Waals surface area contributed by atoms with Crippen LogP contribution in [0.1, 0.15) is 119 Å². The number of fused-ring (bicyclic) bond motifs is 2. The molecule has 124 heavy (non-hydrogen) atoms. The highest BCUT2D eigenvalue weighted by Gasteiger charge is 2.46. The van der Waals surface area contributed by atoms with Crippen molar-refractivity contribution in [3.63, 3.8) is 0 Å². The number of halogens is 1. The standard InChI is InChI=1S/C87H110FN19O17/c1-50(109)91-39-14-13-23-71-82(119)100-68(44-57-47-93-64-37-36-60(112)45-62(57)64)80(117)99-69(43-56-46-92-63-20-11-10-19-61(56)63)81(118)102-76(55-30-31-55)87(124)107(6)74(86(123)106(5)73(42-54-25-32-58(88)33-26-54)83(120)97-65(77(89)114)21-12-15-40-95-103-90)48-94-75(113)24-16-22-66(96-51(2)110)78(115)98-67(41-53-27-34-59(111)35-28-53)79(116)101-70(49-108)84(121)105(4)72(85(122)104(71)3)38-29-52-17-8-7-9-18-52/h7-11,17-20,25-28,32-37,45-47,55,65-74,76,92-93,108,111-112H,12-16,21-24,29-31,38-44,48-49H2,1-6H3,(H2,89,114)(H,91,109)(H,94,113)(H,96,110)(H,97,120)(H,98,115)(H,99,117)(H,100,119)(H,101,116)(H,102,118)/t65-,66-,67-,68-,69-,70-,71-,72-,73-,74-,76-/m0/s1. The molecule has 0 unspecified atom stereocenters. The van der Waals surface area contributed by atoms with E-state index in [1.165, 1.54) is 83.6 Å². The van der Waals surface area contributed by atoms with Crippen LogP contribution in [0.15, 0.2) is 139 Å². The Hall–Kier alpha value is -13.4. The molecular weight excluding hydrogens is 1600 g/mol. The molecule has 9 rings (SSSR count). The SMILES string of the molecule is CC(=O)NCCCC[C@H]1C(=O)N[C@@H](Cc2c[nH]c3ccc(O)cc23)C(=O)N[C@@H](Cc2c[nH]c3ccccc23)C(=O)N[C@@H](C2CC2)C(=O)N(C)[C@H](C(=O)N(C)[C@@H](Cc2ccc(F)cc2)C(=O)N[C@@H](CCCCN=[N+]=[N-])C(N)=O)CNC(=O)CCC[C@H](NC(C)=O)C(=O)N[C@@H](Cc2ccc(O)cc2)C(=O)N[C@@H](CO)C(=O)N(C)[C@@H](CCc2ccccc2)C(=O)N1C. The van der Waals surface area contributed by atoms with Crippen molar-refractivity contribution in [3.05, 3.63) is 178 Å². The fraction of sp³-hybridized carbons (Fsp3) is 0.448. The number of primary amides is 1. The van der Waals surface area contributed by atoms with E-state index < -0.39 is 175 Å². The number of rotatable bonds is 29. The first-order valence-electron chi connectivity index (χ1n) is 41.3. The van der Waals surface area contributed by atoms with E-state index in [-0.39, 0.29) is 114 Å². The van der Waals surface area contributed by atoms with E-state index in [2.05, 4.69) is 67.8 Å². The summed E-state index contributed by atoms with van der Waals surface area (Å²) in [5, 5.41) is 61.3. The van der Waals surface area contributed by atoms with E-state index in [1.807, 2.05) is 0 Å². The number of azide groups is 1. The molecule has 1 aliphatic carbocycles. The van der Waals surface area contributed by atoms with Gasteiger partial charge in [-0.25, -0.2) is 4.39 Å². The molecule has 2 fully saturated rings. The quantitative estimate of drug-likeness (QED) is 0.0139. The average molecular weight is 1710 g/mol. The molecule has 2 aliphatic rings. The van der Waals surface area contributed by atoms with Gasteiger partial charge >= 0.3 is 0 Å². The third-order valence-corrected chi connectivity index (χ3v) is 22.4. The lowest BCUT2D eigenvalue weighted by Crippen LogP contribution is -2.63. The number of H-pyrrole nitrogens is 2. The molecule has 2 aromatic heterocycles. The molecule has 1 saturated carbocycles. The second kappa shape index (κ2) is 45.4. The molecule has 0 bridgehead atoms. The fourth-order valence-corrected chi connectivity index (χ4v) is 15.2. The highest BCUT2D eigenvalue weighted by atomic mass is 19.1. The number of amides is 14. The summed E-state index contributed by atoms with van der Waals surface area (Å²) in [5.41, 5.74) is 18.1. The van der Waals surface area contributed by atoms with Crippen molar-refractivity contribution in [2.24, 2.45) is 16.8 Å². The Morgan fingerprint density at radius 3 is 1.86 bits per heavy atom. The number of nitrogens with zero attached hydrogens (tertiary/aromatic N) is 7. The van der Waals surface area contributed by atoms with Crippen LogP contribution in [-0.2, 0) is 99.2 Å². The minimum Gasteiger partial charge on any atom is -0.508 e. The summed E-state index contributed by atoms with van der Waals surface area (Å²) in [7, 11) is 5.04. The summed E-state index contributed by atoms with van der Waals surface area (Å²) < 4.78 is 14.6. The maximum atomic E-state index is 15.9. The van der Waals surface area contributed by atoms with Gasteiger partial charge in [-0.05, 0) is 158 Å². The summed E-state index contributed by atoms with van der Waals surface area (Å²) in [6, 6.07) is 13.4. The molecule has 5 aromatic carbocycles. The van der Waals surface area contributed by atoms with E-state index >= 15 is 33.6 Å². The van der Waals surface area contributed by atoms with E-state index in [4.69, 9.17) is 11.3 Å². The molecule has 0 radical (unpaired) electrons. The topological polar surface area (TPSA) is 527 Å². The summed E-state index contributed by atoms with van der Waals surface area (Å²) >= 11 is 0. The van der Waals surface area contributed by atoms with Gasteiger partial charge in [0, 0.05) is 133 Å². The second-order valence-corrected chi connectivity index (χ2v) is 31.5. The van der Waals surface area contributed by atoms with Crippen LogP contribution in [0.2, 0.25) is 0 Å². The lowest BCUT2D eigenvalue weighted by Gasteiger charge is -2.36. The number of benzene rings is 5. The summed E-state index contributed by atoms with van der Waals surface area (Å²) in [4.78, 5) is 221. The van der Waals surface area contributed by atoms with Crippen molar-refractivity contribution in [1.29, 1.82) is 0 Å². The Kier molecular flexibility index (Phi) is 34.6. The number of aromatic nitrogens is 2. The minimum atomic E-state index is -1.85. The predicted octanol–water partition coefficient (Wildman–Crippen LogP) is 2.80. The number of aliphatic hydroxyl groups is 1. The first kappa shape index (κ1) is 94.4. The zero-order valence-corrected chi connectivity index (χ0v) is 70.1. The highest BCUT2D eigenvalue weighted by molar-refractivity contribution is 6.01. The number of aryl methyl sites for hydroxylation is 1. The van der Waals surface area contributed by atoms with Gasteiger partial charge in [0.1, 0.15) is 83.8 Å². The van der Waals surface area contributed by atoms with Crippen LogP contribution >= 0.6 is 0 Å². The largest absolute Gasteiger partial charge is 0.508 e. The molecule has 36 nitrogen and oxygen atoms in total. The molecule has 0 spiro atoms. The number of phenols is 2. The van der Waals surface area contributed by atoms with E-state index in [0.717, 1.165) is 44.2 Å². The van der Waals surface area contributed by atoms with Crippen LogP contribution in [0.3, 0.4) is 0 Å². The molecular formula is C87H110FN19O17. The maximum Gasteiger partial charge on any atom is 0.247 e. The van der Waals surface area contributed by atoms with Gasteiger partial charge in [-0.2, -0.15) is 0 Å². The Morgan fingerprint density at radius 1 is 0.621 bits per heavy atom. The zero-order chi connectivity index (χ0) is 89.8. The van der Waals surface area contributed by atoms with Crippen molar-refractivity contribution >= 4 is 105 Å². The van der Waals surface area contributed by atoms with Gasteiger partial charge < -0.3 is 98.5 Å². The van der Waals surface area contributed by atoms with Crippen molar-refractivity contribution in [1.82, 2.24) is 77.4 Å². The van der Waals surface area contributed by atoms with Crippen LogP contribution in [-0.4, -0.2) is 248 Å². The lowest BCUT2D eigenvalue weighted by molar-refractivity contribution is -0.150. The van der Waals surface area contributed by atoms with Crippen molar-refractivity contribution in [2.75, 3.05) is 54.4 Å². The van der Waals surface area contributed by atoms with E-state index in [1.54, 1.807) is 73.1 Å². The summed E-state index contributed by atoms with van der Waals surface area (Å²) in [6.07, 6.45) is 2.43. The number of carbonyl (C=O) groups is 14. The summed E-state index contributed by atoms with van der Waals surface area (Å²) in [6.45, 7) is 0.842. The predicted molar refractivity (Wildman–Crippen MR) is 454 cm³/mol. The van der Waals surface area contributed by atoms with Gasteiger partial charge in [-0.15, -0.1) is 0 Å². The Labute approximate surface area is 715 Å². The highest BCUT2D eigenvalue weighted by Crippen LogP contribution is 2.35. The number of hydrogen-bond acceptors (Lipinski definition) is 18. The van der Waals surface area contributed by atoms with Gasteiger partial charge in [0.2, 0.25) is 82.7 Å². The number of nitrogens with two attached hydrogens (primary N) is 1. The second-order valence-electron chi connectivity index (χ2n) is 31.5. The fourth-order valence-electron chi connectivity index (χ4n) is 15.2. The Bertz CT molecular complexity index is 5000. The number of para-hydroxylation sites is 1. The minimum absolute atomic E-state index is 0.0339. The van der Waals surface area contributed by atoms with Gasteiger partial charge in [-0.1, -0.05) is 84.3 Å². The van der Waals surface area contributed by atoms with E-state index in [0.29, 0.717) is 63.3 Å². The zero-order valence-electron chi connectivity index (χ0n) is 70.1. The average Bonchev–Trinajstić information content (AvgIpc) is 1.53. The van der Waals surface area contributed by atoms with Gasteiger partial charge in [-0.3, -0.25) is 67.1 Å². The Morgan fingerprint density at radius 2 is 1.22 bits per heavy atom. The molecule has 1 aliphatic heterocycles. The number of phenolic OH excluding ortho intramolecular Hbond substituents is 2.